The molecule has 1 fully saturated rings. The molecule has 1 atom stereocenters. The number of halogens is 2. The minimum atomic E-state index is 0.0355. The molecule has 28 heavy (non-hydrogen) atoms. The average molecular weight is 417 g/mol. The maximum Gasteiger partial charge on any atom is 0.150 e. The molecule has 0 N–H and O–H groups in total. The SMILES string of the molecule is Clc1ccc(N(Cc2cccnc2)Cc2cnn(C3CCCCO3)c2)c(Cl)c1. The first-order chi connectivity index (χ1) is 13.7. The van der Waals surface area contributed by atoms with E-state index in [2.05, 4.69) is 27.2 Å². The maximum atomic E-state index is 6.50. The standard InChI is InChI=1S/C21H22Cl2N4O/c22-18-6-7-20(19(23)10-18)26(13-16-4-3-8-24-11-16)14-17-12-25-27(15-17)21-5-1-2-9-28-21/h3-4,6-8,10-12,15,21H,1-2,5,9,13-14H2. The Bertz CT molecular complexity index is 910. The Labute approximate surface area is 174 Å². The lowest BCUT2D eigenvalue weighted by molar-refractivity contribution is -0.0395. The van der Waals surface area contributed by atoms with Gasteiger partial charge in [0.25, 0.3) is 0 Å². The van der Waals surface area contributed by atoms with Crippen molar-refractivity contribution in [2.75, 3.05) is 11.5 Å². The first-order valence-electron chi connectivity index (χ1n) is 9.42. The molecule has 1 unspecified atom stereocenters. The third-order valence-corrected chi connectivity index (χ3v) is 5.36. The summed E-state index contributed by atoms with van der Waals surface area (Å²) in [5, 5.41) is 5.78. The van der Waals surface area contributed by atoms with Crippen molar-refractivity contribution in [2.24, 2.45) is 0 Å². The largest absolute Gasteiger partial charge is 0.361 e. The van der Waals surface area contributed by atoms with Crippen LogP contribution in [0, 0.1) is 0 Å². The third-order valence-electron chi connectivity index (χ3n) is 4.83. The quantitative estimate of drug-likeness (QED) is 0.532. The summed E-state index contributed by atoms with van der Waals surface area (Å²) in [5.74, 6) is 0. The lowest BCUT2D eigenvalue weighted by Gasteiger charge is -2.26. The van der Waals surface area contributed by atoms with Crippen LogP contribution in [0.15, 0.2) is 55.1 Å². The first kappa shape index (κ1) is 19.2. The van der Waals surface area contributed by atoms with Crippen molar-refractivity contribution in [3.05, 3.63) is 76.3 Å². The molecule has 7 heteroatoms. The molecule has 1 aromatic carbocycles. The number of benzene rings is 1. The van der Waals surface area contributed by atoms with Crippen LogP contribution in [0.4, 0.5) is 5.69 Å². The molecule has 0 aliphatic carbocycles. The Kier molecular flexibility index (Phi) is 6.15. The number of pyridine rings is 1. The normalized spacial score (nSPS) is 16.9. The van der Waals surface area contributed by atoms with Crippen LogP contribution >= 0.6 is 23.2 Å². The summed E-state index contributed by atoms with van der Waals surface area (Å²) in [7, 11) is 0. The molecule has 0 amide bonds. The van der Waals surface area contributed by atoms with Crippen LogP contribution in [0.2, 0.25) is 10.0 Å². The van der Waals surface area contributed by atoms with Crippen molar-refractivity contribution < 1.29 is 4.74 Å². The summed E-state index contributed by atoms with van der Waals surface area (Å²) in [5.41, 5.74) is 3.14. The molecule has 3 heterocycles. The van der Waals surface area contributed by atoms with E-state index >= 15 is 0 Å². The van der Waals surface area contributed by atoms with Crippen LogP contribution < -0.4 is 4.90 Å². The first-order valence-corrected chi connectivity index (χ1v) is 10.2. The van der Waals surface area contributed by atoms with Crippen LogP contribution in [0.5, 0.6) is 0 Å². The molecule has 0 saturated carbocycles. The Morgan fingerprint density at radius 1 is 1.11 bits per heavy atom. The highest BCUT2D eigenvalue weighted by Gasteiger charge is 2.18. The van der Waals surface area contributed by atoms with Crippen molar-refractivity contribution >= 4 is 28.9 Å². The fourth-order valence-corrected chi connectivity index (χ4v) is 3.97. The summed E-state index contributed by atoms with van der Waals surface area (Å²) < 4.78 is 7.77. The highest BCUT2D eigenvalue weighted by Crippen LogP contribution is 2.31. The molecule has 4 rings (SSSR count). The van der Waals surface area contributed by atoms with Crippen molar-refractivity contribution in [1.29, 1.82) is 0 Å². The van der Waals surface area contributed by atoms with Crippen LogP contribution in [0.1, 0.15) is 36.6 Å². The molecular weight excluding hydrogens is 395 g/mol. The second-order valence-corrected chi connectivity index (χ2v) is 7.81. The molecule has 0 spiro atoms. The van der Waals surface area contributed by atoms with Crippen molar-refractivity contribution in [3.8, 4) is 0 Å². The summed E-state index contributed by atoms with van der Waals surface area (Å²) in [6.45, 7) is 2.15. The zero-order chi connectivity index (χ0) is 19.3. The molecule has 146 valence electrons. The number of anilines is 1. The fraction of sp³-hybridized carbons (Fsp3) is 0.333. The number of rotatable bonds is 6. The van der Waals surface area contributed by atoms with Crippen molar-refractivity contribution in [3.63, 3.8) is 0 Å². The summed E-state index contributed by atoms with van der Waals surface area (Å²) in [6, 6.07) is 9.58. The van der Waals surface area contributed by atoms with E-state index in [1.807, 2.05) is 35.3 Å². The molecule has 5 nitrogen and oxygen atoms in total. The van der Waals surface area contributed by atoms with Gasteiger partial charge in [-0.25, -0.2) is 4.68 Å². The van der Waals surface area contributed by atoms with Gasteiger partial charge >= 0.3 is 0 Å². The number of hydrogen-bond donors (Lipinski definition) is 0. The second-order valence-electron chi connectivity index (χ2n) is 6.96. The smallest absolute Gasteiger partial charge is 0.150 e. The van der Waals surface area contributed by atoms with Crippen molar-refractivity contribution in [2.45, 2.75) is 38.6 Å². The van der Waals surface area contributed by atoms with Crippen LogP contribution in [-0.4, -0.2) is 21.4 Å². The van der Waals surface area contributed by atoms with Gasteiger partial charge in [-0.1, -0.05) is 29.3 Å². The van der Waals surface area contributed by atoms with Crippen LogP contribution in [0.3, 0.4) is 0 Å². The Morgan fingerprint density at radius 3 is 2.75 bits per heavy atom. The highest BCUT2D eigenvalue weighted by atomic mass is 35.5. The second kappa shape index (κ2) is 8.95. The lowest BCUT2D eigenvalue weighted by atomic mass is 10.2. The molecule has 1 aliphatic heterocycles. The molecule has 2 aromatic heterocycles. The maximum absolute atomic E-state index is 6.50. The number of hydrogen-bond acceptors (Lipinski definition) is 4. The van der Waals surface area contributed by atoms with E-state index in [-0.39, 0.29) is 6.23 Å². The molecule has 0 bridgehead atoms. The van der Waals surface area contributed by atoms with Gasteiger partial charge in [-0.3, -0.25) is 4.98 Å². The Morgan fingerprint density at radius 2 is 2.00 bits per heavy atom. The van der Waals surface area contributed by atoms with Gasteiger partial charge < -0.3 is 9.64 Å². The average Bonchev–Trinajstić information content (AvgIpc) is 3.18. The fourth-order valence-electron chi connectivity index (χ4n) is 3.45. The Hall–Kier alpha value is -2.08. The topological polar surface area (TPSA) is 43.2 Å². The number of ether oxygens (including phenoxy) is 1. The number of nitrogens with zero attached hydrogens (tertiary/aromatic N) is 4. The molecule has 0 radical (unpaired) electrons. The van der Waals surface area contributed by atoms with Crippen LogP contribution in [-0.2, 0) is 17.8 Å². The van der Waals surface area contributed by atoms with Gasteiger partial charge in [-0.05, 0) is 49.1 Å². The van der Waals surface area contributed by atoms with Gasteiger partial charge in [0.1, 0.15) is 6.23 Å². The van der Waals surface area contributed by atoms with Gasteiger partial charge in [-0.2, -0.15) is 5.10 Å². The third kappa shape index (κ3) is 4.66. The van der Waals surface area contributed by atoms with Gasteiger partial charge in [0, 0.05) is 48.9 Å². The van der Waals surface area contributed by atoms with E-state index in [9.17, 15) is 0 Å². The van der Waals surface area contributed by atoms with E-state index in [1.54, 1.807) is 12.3 Å². The molecule has 1 aliphatic rings. The van der Waals surface area contributed by atoms with E-state index < -0.39 is 0 Å². The summed E-state index contributed by atoms with van der Waals surface area (Å²) >= 11 is 12.6. The minimum absolute atomic E-state index is 0.0355. The van der Waals surface area contributed by atoms with Crippen molar-refractivity contribution in [1.82, 2.24) is 14.8 Å². The molecule has 1 saturated heterocycles. The number of aromatic nitrogens is 3. The predicted molar refractivity (Wildman–Crippen MR) is 112 cm³/mol. The van der Waals surface area contributed by atoms with E-state index in [1.165, 1.54) is 6.42 Å². The summed E-state index contributed by atoms with van der Waals surface area (Å²) in [6.07, 6.45) is 10.9. The zero-order valence-electron chi connectivity index (χ0n) is 15.5. The lowest BCUT2D eigenvalue weighted by Crippen LogP contribution is -2.22. The van der Waals surface area contributed by atoms with Crippen LogP contribution in [0.25, 0.3) is 0 Å². The van der Waals surface area contributed by atoms with Gasteiger partial charge in [0.2, 0.25) is 0 Å². The van der Waals surface area contributed by atoms with Gasteiger partial charge in [0.15, 0.2) is 0 Å². The molecular formula is C21H22Cl2N4O. The van der Waals surface area contributed by atoms with Gasteiger partial charge in [-0.15, -0.1) is 0 Å². The van der Waals surface area contributed by atoms with E-state index in [0.717, 1.165) is 36.3 Å². The van der Waals surface area contributed by atoms with Gasteiger partial charge in [0.05, 0.1) is 16.9 Å². The van der Waals surface area contributed by atoms with E-state index in [0.29, 0.717) is 23.1 Å². The van der Waals surface area contributed by atoms with E-state index in [4.69, 9.17) is 27.9 Å². The Balaban J connectivity index is 1.57. The predicted octanol–water partition coefficient (Wildman–Crippen LogP) is 5.49. The zero-order valence-corrected chi connectivity index (χ0v) is 17.0. The summed E-state index contributed by atoms with van der Waals surface area (Å²) in [4.78, 5) is 6.43. The molecule has 3 aromatic rings. The highest BCUT2D eigenvalue weighted by molar-refractivity contribution is 6.36. The monoisotopic (exact) mass is 416 g/mol. The minimum Gasteiger partial charge on any atom is -0.361 e.